The molecule has 0 saturated heterocycles. The van der Waals surface area contributed by atoms with Crippen molar-refractivity contribution in [2.24, 2.45) is 0 Å². The maximum atomic E-state index is 9.44. The van der Waals surface area contributed by atoms with Gasteiger partial charge in [0.1, 0.15) is 0 Å². The molecule has 84 valence electrons. The molecule has 1 aliphatic rings. The first-order valence-electron chi connectivity index (χ1n) is 5.62. The normalized spacial score (nSPS) is 18.4. The average molecular weight is 225 g/mol. The first-order valence-corrected chi connectivity index (χ1v) is 6.44. The summed E-state index contributed by atoms with van der Waals surface area (Å²) in [6.45, 7) is 5.83. The Kier molecular flexibility index (Phi) is 3.44. The SMILES string of the molecule is Cc1ccc(CN(CC(C)O)C2CC2)s1. The molecule has 0 spiro atoms. The van der Waals surface area contributed by atoms with Crippen LogP contribution in [0.4, 0.5) is 0 Å². The first-order chi connectivity index (χ1) is 7.15. The molecule has 1 aromatic rings. The second kappa shape index (κ2) is 4.64. The highest BCUT2D eigenvalue weighted by Gasteiger charge is 2.29. The molecule has 0 aliphatic heterocycles. The smallest absolute Gasteiger partial charge is 0.0639 e. The van der Waals surface area contributed by atoms with Crippen LogP contribution in [0.1, 0.15) is 29.5 Å². The lowest BCUT2D eigenvalue weighted by atomic mass is 10.3. The summed E-state index contributed by atoms with van der Waals surface area (Å²) in [5, 5.41) is 9.44. The third kappa shape index (κ3) is 3.30. The topological polar surface area (TPSA) is 23.5 Å². The van der Waals surface area contributed by atoms with Gasteiger partial charge in [0.15, 0.2) is 0 Å². The lowest BCUT2D eigenvalue weighted by Gasteiger charge is -2.22. The molecule has 1 unspecified atom stereocenters. The van der Waals surface area contributed by atoms with E-state index in [4.69, 9.17) is 0 Å². The monoisotopic (exact) mass is 225 g/mol. The van der Waals surface area contributed by atoms with Gasteiger partial charge in [-0.1, -0.05) is 0 Å². The molecule has 1 fully saturated rings. The highest BCUT2D eigenvalue weighted by atomic mass is 32.1. The van der Waals surface area contributed by atoms with Crippen molar-refractivity contribution in [1.82, 2.24) is 4.90 Å². The van der Waals surface area contributed by atoms with E-state index in [1.807, 2.05) is 18.3 Å². The van der Waals surface area contributed by atoms with E-state index in [0.29, 0.717) is 0 Å². The second-order valence-corrected chi connectivity index (χ2v) is 5.89. The number of aliphatic hydroxyl groups excluding tert-OH is 1. The fourth-order valence-electron chi connectivity index (χ4n) is 1.89. The highest BCUT2D eigenvalue weighted by Crippen LogP contribution is 2.29. The maximum absolute atomic E-state index is 9.44. The molecule has 1 saturated carbocycles. The van der Waals surface area contributed by atoms with E-state index in [9.17, 15) is 5.11 Å². The van der Waals surface area contributed by atoms with Crippen molar-refractivity contribution in [2.75, 3.05) is 6.54 Å². The van der Waals surface area contributed by atoms with Crippen LogP contribution >= 0.6 is 11.3 Å². The molecular formula is C12H19NOS. The number of rotatable bonds is 5. The van der Waals surface area contributed by atoms with Gasteiger partial charge in [0.05, 0.1) is 6.10 Å². The molecule has 3 heteroatoms. The molecule has 2 nitrogen and oxygen atoms in total. The summed E-state index contributed by atoms with van der Waals surface area (Å²) in [5.41, 5.74) is 0. The minimum Gasteiger partial charge on any atom is -0.392 e. The van der Waals surface area contributed by atoms with Crippen molar-refractivity contribution in [3.63, 3.8) is 0 Å². The van der Waals surface area contributed by atoms with Gasteiger partial charge in [-0.15, -0.1) is 11.3 Å². The van der Waals surface area contributed by atoms with Gasteiger partial charge in [0.2, 0.25) is 0 Å². The summed E-state index contributed by atoms with van der Waals surface area (Å²) < 4.78 is 0. The Labute approximate surface area is 95.5 Å². The van der Waals surface area contributed by atoms with Crippen LogP contribution in [0.15, 0.2) is 12.1 Å². The third-order valence-electron chi connectivity index (χ3n) is 2.72. The standard InChI is InChI=1S/C12H19NOS/c1-9(14)7-13(11-4-5-11)8-12-6-3-10(2)15-12/h3,6,9,11,14H,4-5,7-8H2,1-2H3. The Bertz CT molecular complexity index is 317. The van der Waals surface area contributed by atoms with Crippen LogP contribution in [0.25, 0.3) is 0 Å². The molecule has 2 rings (SSSR count). The molecule has 0 amide bonds. The largest absolute Gasteiger partial charge is 0.392 e. The molecule has 0 bridgehead atoms. The predicted molar refractivity (Wildman–Crippen MR) is 64.2 cm³/mol. The molecule has 1 N–H and O–H groups in total. The molecule has 1 atom stereocenters. The van der Waals surface area contributed by atoms with Crippen molar-refractivity contribution in [2.45, 2.75) is 45.4 Å². The Morgan fingerprint density at radius 3 is 2.73 bits per heavy atom. The van der Waals surface area contributed by atoms with Crippen molar-refractivity contribution in [3.05, 3.63) is 21.9 Å². The van der Waals surface area contributed by atoms with E-state index >= 15 is 0 Å². The van der Waals surface area contributed by atoms with Gasteiger partial charge >= 0.3 is 0 Å². The predicted octanol–water partition coefficient (Wildman–Crippen LogP) is 2.40. The molecule has 1 aromatic heterocycles. The lowest BCUT2D eigenvalue weighted by molar-refractivity contribution is 0.118. The van der Waals surface area contributed by atoms with Crippen LogP contribution in [0.2, 0.25) is 0 Å². The van der Waals surface area contributed by atoms with E-state index < -0.39 is 0 Å². The van der Waals surface area contributed by atoms with E-state index in [2.05, 4.69) is 24.0 Å². The van der Waals surface area contributed by atoms with Crippen LogP contribution in [0.3, 0.4) is 0 Å². The quantitative estimate of drug-likeness (QED) is 0.832. The van der Waals surface area contributed by atoms with Crippen molar-refractivity contribution < 1.29 is 5.11 Å². The van der Waals surface area contributed by atoms with E-state index in [1.54, 1.807) is 0 Å². The van der Waals surface area contributed by atoms with Crippen LogP contribution in [0.5, 0.6) is 0 Å². The summed E-state index contributed by atoms with van der Waals surface area (Å²) in [6.07, 6.45) is 2.39. The van der Waals surface area contributed by atoms with Crippen molar-refractivity contribution in [3.8, 4) is 0 Å². The van der Waals surface area contributed by atoms with Gasteiger partial charge in [-0.3, -0.25) is 4.90 Å². The highest BCUT2D eigenvalue weighted by molar-refractivity contribution is 7.11. The molecule has 1 heterocycles. The minimum atomic E-state index is -0.216. The van der Waals surface area contributed by atoms with Crippen LogP contribution < -0.4 is 0 Å². The Balaban J connectivity index is 1.94. The second-order valence-electron chi connectivity index (χ2n) is 4.52. The number of aliphatic hydroxyl groups is 1. The molecular weight excluding hydrogens is 206 g/mol. The Morgan fingerprint density at radius 1 is 1.53 bits per heavy atom. The van der Waals surface area contributed by atoms with Gasteiger partial charge in [-0.25, -0.2) is 0 Å². The molecule has 1 aliphatic carbocycles. The molecule has 0 aromatic carbocycles. The van der Waals surface area contributed by atoms with Crippen LogP contribution in [-0.2, 0) is 6.54 Å². The van der Waals surface area contributed by atoms with Crippen molar-refractivity contribution >= 4 is 11.3 Å². The zero-order chi connectivity index (χ0) is 10.8. The number of hydrogen-bond donors (Lipinski definition) is 1. The Hall–Kier alpha value is -0.380. The fraction of sp³-hybridized carbons (Fsp3) is 0.667. The van der Waals surface area contributed by atoms with Crippen LogP contribution in [-0.4, -0.2) is 28.7 Å². The van der Waals surface area contributed by atoms with E-state index in [1.165, 1.54) is 22.6 Å². The van der Waals surface area contributed by atoms with Crippen molar-refractivity contribution in [1.29, 1.82) is 0 Å². The van der Waals surface area contributed by atoms with E-state index in [0.717, 1.165) is 19.1 Å². The van der Waals surface area contributed by atoms with Gasteiger partial charge in [-0.05, 0) is 38.8 Å². The van der Waals surface area contributed by atoms with Gasteiger partial charge in [-0.2, -0.15) is 0 Å². The average Bonchev–Trinajstić information content (AvgIpc) is 2.90. The number of thiophene rings is 1. The Morgan fingerprint density at radius 2 is 2.27 bits per heavy atom. The van der Waals surface area contributed by atoms with E-state index in [-0.39, 0.29) is 6.10 Å². The summed E-state index contributed by atoms with van der Waals surface area (Å²) in [6, 6.07) is 5.10. The van der Waals surface area contributed by atoms with Gasteiger partial charge < -0.3 is 5.11 Å². The summed E-state index contributed by atoms with van der Waals surface area (Å²) in [4.78, 5) is 5.20. The zero-order valence-electron chi connectivity index (χ0n) is 9.44. The number of nitrogens with zero attached hydrogens (tertiary/aromatic N) is 1. The zero-order valence-corrected chi connectivity index (χ0v) is 10.3. The first kappa shape index (κ1) is 11.1. The minimum absolute atomic E-state index is 0.216. The molecule has 0 radical (unpaired) electrons. The number of aryl methyl sites for hydroxylation is 1. The maximum Gasteiger partial charge on any atom is 0.0639 e. The third-order valence-corrected chi connectivity index (χ3v) is 3.70. The fourth-order valence-corrected chi connectivity index (χ4v) is 2.81. The van der Waals surface area contributed by atoms with Gasteiger partial charge in [0.25, 0.3) is 0 Å². The summed E-state index contributed by atoms with van der Waals surface area (Å²) in [7, 11) is 0. The number of hydrogen-bond acceptors (Lipinski definition) is 3. The van der Waals surface area contributed by atoms with Gasteiger partial charge in [0, 0.05) is 28.9 Å². The van der Waals surface area contributed by atoms with Crippen LogP contribution in [0, 0.1) is 6.92 Å². The lowest BCUT2D eigenvalue weighted by Crippen LogP contribution is -2.32. The molecule has 15 heavy (non-hydrogen) atoms. The summed E-state index contributed by atoms with van der Waals surface area (Å²) >= 11 is 1.87. The summed E-state index contributed by atoms with van der Waals surface area (Å²) in [5.74, 6) is 0.